The van der Waals surface area contributed by atoms with Crippen molar-refractivity contribution in [3.8, 4) is 0 Å². The lowest BCUT2D eigenvalue weighted by molar-refractivity contribution is 0.598. The molecule has 5 heteroatoms. The van der Waals surface area contributed by atoms with Crippen molar-refractivity contribution >= 4 is 32.0 Å². The van der Waals surface area contributed by atoms with E-state index >= 15 is 0 Å². The van der Waals surface area contributed by atoms with Crippen LogP contribution in [0.1, 0.15) is 12.0 Å². The molecular formula is C10H12BrNO2S. The first kappa shape index (κ1) is 12.4. The molecule has 15 heavy (non-hydrogen) atoms. The number of allylic oxidation sites excluding steroid dienone is 1. The van der Waals surface area contributed by atoms with Gasteiger partial charge in [-0.25, -0.2) is 13.6 Å². The molecular weight excluding hydrogens is 278 g/mol. The summed E-state index contributed by atoms with van der Waals surface area (Å²) in [4.78, 5) is 0.142. The summed E-state index contributed by atoms with van der Waals surface area (Å²) in [5, 5.41) is 5.91. The highest BCUT2D eigenvalue weighted by Crippen LogP contribution is 2.11. The van der Waals surface area contributed by atoms with E-state index in [2.05, 4.69) is 15.9 Å². The summed E-state index contributed by atoms with van der Waals surface area (Å²) in [5.74, 6) is 0. The number of benzene rings is 1. The van der Waals surface area contributed by atoms with Gasteiger partial charge < -0.3 is 0 Å². The molecule has 0 aliphatic carbocycles. The monoisotopic (exact) mass is 289 g/mol. The Bertz CT molecular complexity index is 454. The van der Waals surface area contributed by atoms with Crippen LogP contribution in [0.3, 0.4) is 0 Å². The van der Waals surface area contributed by atoms with Crippen molar-refractivity contribution < 1.29 is 8.42 Å². The molecule has 0 fully saturated rings. The fourth-order valence-electron chi connectivity index (χ4n) is 1.08. The van der Waals surface area contributed by atoms with Gasteiger partial charge in [0.25, 0.3) is 0 Å². The normalized spacial score (nSPS) is 12.1. The first-order valence-electron chi connectivity index (χ1n) is 4.39. The number of primary sulfonamides is 1. The van der Waals surface area contributed by atoms with E-state index in [4.69, 9.17) is 5.14 Å². The van der Waals surface area contributed by atoms with E-state index in [1.807, 2.05) is 18.2 Å². The molecule has 3 nitrogen and oxygen atoms in total. The summed E-state index contributed by atoms with van der Waals surface area (Å²) in [6.45, 7) is 0. The Kier molecular flexibility index (Phi) is 4.50. The third kappa shape index (κ3) is 4.15. The van der Waals surface area contributed by atoms with Crippen LogP contribution in [0, 0.1) is 0 Å². The molecule has 1 rings (SSSR count). The summed E-state index contributed by atoms with van der Waals surface area (Å²) in [5.41, 5.74) is 0.836. The van der Waals surface area contributed by atoms with Crippen molar-refractivity contribution in [1.82, 2.24) is 0 Å². The minimum Gasteiger partial charge on any atom is -0.225 e. The van der Waals surface area contributed by atoms with E-state index in [1.54, 1.807) is 12.1 Å². The van der Waals surface area contributed by atoms with Crippen molar-refractivity contribution in [3.63, 3.8) is 0 Å². The molecule has 1 aromatic carbocycles. The summed E-state index contributed by atoms with van der Waals surface area (Å²) < 4.78 is 22.1. The van der Waals surface area contributed by atoms with E-state index in [0.29, 0.717) is 0 Å². The van der Waals surface area contributed by atoms with Crippen LogP contribution in [0.25, 0.3) is 6.08 Å². The van der Waals surface area contributed by atoms with Crippen LogP contribution < -0.4 is 5.14 Å². The SMILES string of the molecule is NS(=O)(=O)c1cccc(C=CCCBr)c1. The highest BCUT2D eigenvalue weighted by Gasteiger charge is 2.06. The van der Waals surface area contributed by atoms with Gasteiger partial charge in [-0.15, -0.1) is 0 Å². The second-order valence-electron chi connectivity index (χ2n) is 3.00. The Morgan fingerprint density at radius 1 is 1.40 bits per heavy atom. The van der Waals surface area contributed by atoms with Crippen molar-refractivity contribution in [1.29, 1.82) is 0 Å². The minimum atomic E-state index is -3.60. The predicted octanol–water partition coefficient (Wildman–Crippen LogP) is 2.13. The lowest BCUT2D eigenvalue weighted by Gasteiger charge is -1.99. The molecule has 2 N–H and O–H groups in total. The zero-order valence-corrected chi connectivity index (χ0v) is 10.5. The van der Waals surface area contributed by atoms with E-state index in [9.17, 15) is 8.42 Å². The smallest absolute Gasteiger partial charge is 0.225 e. The van der Waals surface area contributed by atoms with Crippen molar-refractivity contribution in [2.45, 2.75) is 11.3 Å². The number of rotatable bonds is 4. The molecule has 0 atom stereocenters. The number of halogens is 1. The maximum absolute atomic E-state index is 11.1. The van der Waals surface area contributed by atoms with E-state index in [0.717, 1.165) is 17.3 Å². The standard InChI is InChI=1S/C10H12BrNO2S/c11-7-2-1-4-9-5-3-6-10(8-9)15(12,13)14/h1,3-6,8H,2,7H2,(H2,12,13,14). The quantitative estimate of drug-likeness (QED) is 0.864. The molecule has 0 aliphatic rings. The van der Waals surface area contributed by atoms with Gasteiger partial charge in [-0.1, -0.05) is 40.2 Å². The number of nitrogens with two attached hydrogens (primary N) is 1. The largest absolute Gasteiger partial charge is 0.238 e. The van der Waals surface area contributed by atoms with Gasteiger partial charge in [0, 0.05) is 5.33 Å². The van der Waals surface area contributed by atoms with Gasteiger partial charge >= 0.3 is 0 Å². The van der Waals surface area contributed by atoms with Gasteiger partial charge in [0.1, 0.15) is 0 Å². The second kappa shape index (κ2) is 5.44. The van der Waals surface area contributed by atoms with Crippen LogP contribution in [0.5, 0.6) is 0 Å². The number of hydrogen-bond donors (Lipinski definition) is 1. The Morgan fingerprint density at radius 2 is 2.13 bits per heavy atom. The molecule has 1 aromatic rings. The lowest BCUT2D eigenvalue weighted by atomic mass is 10.2. The molecule has 0 heterocycles. The third-order valence-corrected chi connectivity index (χ3v) is 3.14. The highest BCUT2D eigenvalue weighted by atomic mass is 79.9. The number of sulfonamides is 1. The average molecular weight is 290 g/mol. The topological polar surface area (TPSA) is 60.2 Å². The van der Waals surface area contributed by atoms with Crippen LogP contribution in [0.4, 0.5) is 0 Å². The molecule has 82 valence electrons. The Balaban J connectivity index is 2.94. The predicted molar refractivity (Wildman–Crippen MR) is 65.3 cm³/mol. The number of alkyl halides is 1. The third-order valence-electron chi connectivity index (χ3n) is 1.77. The zero-order valence-electron chi connectivity index (χ0n) is 8.06. The Labute approximate surface area is 98.2 Å². The van der Waals surface area contributed by atoms with E-state index in [1.165, 1.54) is 6.07 Å². The van der Waals surface area contributed by atoms with Crippen LogP contribution in [0.2, 0.25) is 0 Å². The summed E-state index contributed by atoms with van der Waals surface area (Å²) in [6, 6.07) is 6.55. The molecule has 0 bridgehead atoms. The fourth-order valence-corrected chi connectivity index (χ4v) is 1.91. The van der Waals surface area contributed by atoms with Gasteiger partial charge in [-0.2, -0.15) is 0 Å². The summed E-state index contributed by atoms with van der Waals surface area (Å²) in [6.07, 6.45) is 4.74. The molecule has 0 spiro atoms. The van der Waals surface area contributed by atoms with Crippen molar-refractivity contribution in [2.75, 3.05) is 5.33 Å². The van der Waals surface area contributed by atoms with Gasteiger partial charge in [-0.05, 0) is 24.1 Å². The lowest BCUT2D eigenvalue weighted by Crippen LogP contribution is -2.11. The molecule has 0 radical (unpaired) electrons. The van der Waals surface area contributed by atoms with Gasteiger partial charge in [0.15, 0.2) is 0 Å². The molecule has 0 aromatic heterocycles. The summed E-state index contributed by atoms with van der Waals surface area (Å²) >= 11 is 3.30. The Morgan fingerprint density at radius 3 is 2.73 bits per heavy atom. The minimum absolute atomic E-state index is 0.142. The fraction of sp³-hybridized carbons (Fsp3) is 0.200. The molecule has 0 saturated carbocycles. The van der Waals surface area contributed by atoms with E-state index < -0.39 is 10.0 Å². The maximum Gasteiger partial charge on any atom is 0.238 e. The van der Waals surface area contributed by atoms with Crippen LogP contribution in [-0.4, -0.2) is 13.7 Å². The zero-order chi connectivity index (χ0) is 11.3. The molecule has 0 saturated heterocycles. The van der Waals surface area contributed by atoms with Crippen LogP contribution in [0.15, 0.2) is 35.2 Å². The summed E-state index contributed by atoms with van der Waals surface area (Å²) in [7, 11) is -3.60. The Hall–Kier alpha value is -0.650. The highest BCUT2D eigenvalue weighted by molar-refractivity contribution is 9.09. The van der Waals surface area contributed by atoms with Crippen molar-refractivity contribution in [2.24, 2.45) is 5.14 Å². The van der Waals surface area contributed by atoms with E-state index in [-0.39, 0.29) is 4.90 Å². The van der Waals surface area contributed by atoms with Crippen LogP contribution >= 0.6 is 15.9 Å². The second-order valence-corrected chi connectivity index (χ2v) is 5.35. The average Bonchev–Trinajstić information content (AvgIpc) is 2.17. The first-order valence-corrected chi connectivity index (χ1v) is 7.06. The van der Waals surface area contributed by atoms with Gasteiger partial charge in [0.05, 0.1) is 4.90 Å². The molecule has 0 amide bonds. The van der Waals surface area contributed by atoms with Crippen molar-refractivity contribution in [3.05, 3.63) is 35.9 Å². The molecule has 0 unspecified atom stereocenters. The van der Waals surface area contributed by atoms with Gasteiger partial charge in [0.2, 0.25) is 10.0 Å². The van der Waals surface area contributed by atoms with Crippen LogP contribution in [-0.2, 0) is 10.0 Å². The molecule has 0 aliphatic heterocycles. The van der Waals surface area contributed by atoms with Gasteiger partial charge in [-0.3, -0.25) is 0 Å². The first-order chi connectivity index (χ1) is 7.04. The number of hydrogen-bond acceptors (Lipinski definition) is 2. The maximum atomic E-state index is 11.1.